The molecule has 8 heteroatoms. The van der Waals surface area contributed by atoms with Gasteiger partial charge in [-0.15, -0.1) is 0 Å². The van der Waals surface area contributed by atoms with Crippen LogP contribution in [0.25, 0.3) is 0 Å². The molecule has 0 saturated carbocycles. The SMILES string of the molecule is CCOC(=O)c1cccc(CN(C(=O)OC(C)(C)C)C(=O)OC(C)(C)C)c1F. The molecule has 0 aromatic heterocycles. The van der Waals surface area contributed by atoms with Gasteiger partial charge < -0.3 is 14.2 Å². The highest BCUT2D eigenvalue weighted by atomic mass is 19.1. The predicted octanol–water partition coefficient (Wildman–Crippen LogP) is 4.67. The Morgan fingerprint density at radius 2 is 1.46 bits per heavy atom. The lowest BCUT2D eigenvalue weighted by molar-refractivity contribution is -0.000397. The van der Waals surface area contributed by atoms with Gasteiger partial charge in [-0.25, -0.2) is 23.7 Å². The molecule has 0 bridgehead atoms. The lowest BCUT2D eigenvalue weighted by Crippen LogP contribution is -2.43. The first-order chi connectivity index (χ1) is 12.7. The molecule has 0 aliphatic carbocycles. The summed E-state index contributed by atoms with van der Waals surface area (Å²) in [6.07, 6.45) is -1.97. The number of amides is 2. The smallest absolute Gasteiger partial charge is 0.420 e. The van der Waals surface area contributed by atoms with Gasteiger partial charge in [-0.2, -0.15) is 0 Å². The number of halogens is 1. The van der Waals surface area contributed by atoms with Gasteiger partial charge in [0, 0.05) is 5.56 Å². The van der Waals surface area contributed by atoms with E-state index in [1.807, 2.05) is 0 Å². The summed E-state index contributed by atoms with van der Waals surface area (Å²) in [6.45, 7) is 11.1. The highest BCUT2D eigenvalue weighted by molar-refractivity contribution is 5.90. The van der Waals surface area contributed by atoms with Crippen LogP contribution in [0.4, 0.5) is 14.0 Å². The second-order valence-electron chi connectivity index (χ2n) is 8.05. The van der Waals surface area contributed by atoms with Gasteiger partial charge in [0.05, 0.1) is 18.7 Å². The summed E-state index contributed by atoms with van der Waals surface area (Å²) >= 11 is 0. The number of carbonyl (C=O) groups is 3. The minimum atomic E-state index is -0.984. The molecule has 0 atom stereocenters. The molecule has 1 aromatic rings. The van der Waals surface area contributed by atoms with Crippen LogP contribution in [0.5, 0.6) is 0 Å². The monoisotopic (exact) mass is 397 g/mol. The normalized spacial score (nSPS) is 11.6. The Kier molecular flexibility index (Phi) is 7.55. The maximum absolute atomic E-state index is 14.8. The summed E-state index contributed by atoms with van der Waals surface area (Å²) < 4.78 is 30.1. The maximum Gasteiger partial charge on any atom is 0.420 e. The summed E-state index contributed by atoms with van der Waals surface area (Å²) in [5.41, 5.74) is -2.08. The number of esters is 1. The number of carbonyl (C=O) groups excluding carboxylic acids is 3. The molecule has 0 spiro atoms. The lowest BCUT2D eigenvalue weighted by Gasteiger charge is -2.28. The molecule has 0 aliphatic heterocycles. The van der Waals surface area contributed by atoms with E-state index >= 15 is 0 Å². The summed E-state index contributed by atoms with van der Waals surface area (Å²) in [6, 6.07) is 4.06. The van der Waals surface area contributed by atoms with Gasteiger partial charge in [0.1, 0.15) is 17.0 Å². The van der Waals surface area contributed by atoms with Crippen LogP contribution in [0, 0.1) is 5.82 Å². The fourth-order valence-corrected chi connectivity index (χ4v) is 2.08. The van der Waals surface area contributed by atoms with Crippen LogP contribution in [0.2, 0.25) is 0 Å². The zero-order chi connectivity index (χ0) is 21.7. The third kappa shape index (κ3) is 7.17. The molecule has 0 heterocycles. The van der Waals surface area contributed by atoms with Crippen molar-refractivity contribution in [1.29, 1.82) is 0 Å². The molecule has 0 N–H and O–H groups in total. The predicted molar refractivity (Wildman–Crippen MR) is 100 cm³/mol. The van der Waals surface area contributed by atoms with Crippen LogP contribution in [0.15, 0.2) is 18.2 Å². The van der Waals surface area contributed by atoms with Crippen LogP contribution >= 0.6 is 0 Å². The molecule has 1 rings (SSSR count). The Balaban J connectivity index is 3.22. The molecule has 0 saturated heterocycles. The lowest BCUT2D eigenvalue weighted by atomic mass is 10.1. The third-order valence-corrected chi connectivity index (χ3v) is 3.13. The largest absolute Gasteiger partial charge is 0.462 e. The second kappa shape index (κ2) is 9.03. The molecule has 28 heavy (non-hydrogen) atoms. The Morgan fingerprint density at radius 1 is 0.964 bits per heavy atom. The number of benzene rings is 1. The zero-order valence-corrected chi connectivity index (χ0v) is 17.4. The van der Waals surface area contributed by atoms with E-state index in [-0.39, 0.29) is 17.7 Å². The average molecular weight is 397 g/mol. The van der Waals surface area contributed by atoms with Gasteiger partial charge in [0.25, 0.3) is 0 Å². The van der Waals surface area contributed by atoms with E-state index in [4.69, 9.17) is 14.2 Å². The number of ether oxygens (including phenoxy) is 3. The molecule has 156 valence electrons. The van der Waals surface area contributed by atoms with E-state index in [1.165, 1.54) is 18.2 Å². The minimum Gasteiger partial charge on any atom is -0.462 e. The second-order valence-corrected chi connectivity index (χ2v) is 8.05. The Hall–Kier alpha value is -2.64. The fraction of sp³-hybridized carbons (Fsp3) is 0.550. The number of imide groups is 1. The molecule has 7 nitrogen and oxygen atoms in total. The quantitative estimate of drug-likeness (QED) is 0.542. The Labute approximate surface area is 164 Å². The number of nitrogens with zero attached hydrogens (tertiary/aromatic N) is 1. The fourth-order valence-electron chi connectivity index (χ4n) is 2.08. The van der Waals surface area contributed by atoms with Crippen LogP contribution in [0.1, 0.15) is 64.4 Å². The first kappa shape index (κ1) is 23.4. The molecule has 1 aromatic carbocycles. The van der Waals surface area contributed by atoms with Crippen molar-refractivity contribution in [1.82, 2.24) is 4.90 Å². The van der Waals surface area contributed by atoms with E-state index in [2.05, 4.69) is 0 Å². The molecule has 0 unspecified atom stereocenters. The number of hydrogen-bond donors (Lipinski definition) is 0. The highest BCUT2D eigenvalue weighted by Crippen LogP contribution is 2.20. The summed E-state index contributed by atoms with van der Waals surface area (Å²) in [7, 11) is 0. The number of rotatable bonds is 4. The molecule has 0 radical (unpaired) electrons. The van der Waals surface area contributed by atoms with Crippen molar-refractivity contribution in [3.63, 3.8) is 0 Å². The maximum atomic E-state index is 14.8. The molecule has 0 fully saturated rings. The standard InChI is InChI=1S/C20H28FNO6/c1-8-26-16(23)14-11-9-10-13(15(14)21)12-22(17(24)27-19(2,3)4)18(25)28-20(5,6)7/h9-11H,8,12H2,1-7H3. The van der Waals surface area contributed by atoms with E-state index in [0.717, 1.165) is 0 Å². The zero-order valence-electron chi connectivity index (χ0n) is 17.4. The topological polar surface area (TPSA) is 82.1 Å². The molecular weight excluding hydrogens is 369 g/mol. The van der Waals surface area contributed by atoms with Gasteiger partial charge in [-0.05, 0) is 54.5 Å². The van der Waals surface area contributed by atoms with Crippen molar-refractivity contribution < 1.29 is 33.0 Å². The molecular formula is C20H28FNO6. The van der Waals surface area contributed by atoms with Crippen LogP contribution < -0.4 is 0 Å². The van der Waals surface area contributed by atoms with Crippen molar-refractivity contribution in [2.45, 2.75) is 66.2 Å². The summed E-state index contributed by atoms with van der Waals surface area (Å²) in [4.78, 5) is 37.6. The van der Waals surface area contributed by atoms with Crippen molar-refractivity contribution in [3.05, 3.63) is 35.1 Å². The van der Waals surface area contributed by atoms with E-state index < -0.39 is 41.7 Å². The average Bonchev–Trinajstić information content (AvgIpc) is 2.50. The molecule has 2 amide bonds. The molecule has 0 aliphatic rings. The minimum absolute atomic E-state index is 0.0535. The van der Waals surface area contributed by atoms with E-state index in [1.54, 1.807) is 48.5 Å². The van der Waals surface area contributed by atoms with E-state index in [0.29, 0.717) is 4.90 Å². The number of hydrogen-bond acceptors (Lipinski definition) is 6. The van der Waals surface area contributed by atoms with Crippen molar-refractivity contribution in [3.8, 4) is 0 Å². The van der Waals surface area contributed by atoms with Crippen LogP contribution in [-0.4, -0.2) is 40.9 Å². The van der Waals surface area contributed by atoms with Gasteiger partial charge >= 0.3 is 18.2 Å². The third-order valence-electron chi connectivity index (χ3n) is 3.13. The first-order valence-electron chi connectivity index (χ1n) is 8.93. The van der Waals surface area contributed by atoms with Gasteiger partial charge in [0.15, 0.2) is 0 Å². The Bertz CT molecular complexity index is 705. The van der Waals surface area contributed by atoms with Crippen LogP contribution in [-0.2, 0) is 20.8 Å². The van der Waals surface area contributed by atoms with Gasteiger partial charge in [-0.3, -0.25) is 0 Å². The van der Waals surface area contributed by atoms with Gasteiger partial charge in [0.2, 0.25) is 0 Å². The van der Waals surface area contributed by atoms with E-state index in [9.17, 15) is 18.8 Å². The highest BCUT2D eigenvalue weighted by Gasteiger charge is 2.32. The van der Waals surface area contributed by atoms with Crippen molar-refractivity contribution in [2.24, 2.45) is 0 Å². The van der Waals surface area contributed by atoms with Gasteiger partial charge in [-0.1, -0.05) is 12.1 Å². The van der Waals surface area contributed by atoms with Crippen LogP contribution in [0.3, 0.4) is 0 Å². The summed E-state index contributed by atoms with van der Waals surface area (Å²) in [5, 5.41) is 0. The van der Waals surface area contributed by atoms with Crippen molar-refractivity contribution >= 4 is 18.2 Å². The van der Waals surface area contributed by atoms with Crippen molar-refractivity contribution in [2.75, 3.05) is 6.61 Å². The first-order valence-corrected chi connectivity index (χ1v) is 8.93. The summed E-state index contributed by atoms with van der Waals surface area (Å²) in [5.74, 6) is -1.71. The Morgan fingerprint density at radius 3 is 1.89 bits per heavy atom.